The summed E-state index contributed by atoms with van der Waals surface area (Å²) in [6.07, 6.45) is 0.674. The lowest BCUT2D eigenvalue weighted by molar-refractivity contribution is -0.121. The fourth-order valence-electron chi connectivity index (χ4n) is 1.53. The fourth-order valence-corrected chi connectivity index (χ4v) is 2.73. The van der Waals surface area contributed by atoms with Crippen LogP contribution in [0.3, 0.4) is 0 Å². The first-order chi connectivity index (χ1) is 7.66. The van der Waals surface area contributed by atoms with Crippen LogP contribution in [0, 0.1) is 0 Å². The van der Waals surface area contributed by atoms with E-state index in [4.69, 9.17) is 5.73 Å². The van der Waals surface area contributed by atoms with Gasteiger partial charge in [-0.05, 0) is 18.1 Å². The van der Waals surface area contributed by atoms with Gasteiger partial charge in [-0.25, -0.2) is 10.2 Å². The van der Waals surface area contributed by atoms with E-state index in [1.165, 1.54) is 11.8 Å². The van der Waals surface area contributed by atoms with Gasteiger partial charge in [0.25, 0.3) is 5.91 Å². The summed E-state index contributed by atoms with van der Waals surface area (Å²) in [5.41, 5.74) is 10.4. The van der Waals surface area contributed by atoms with Crippen LogP contribution in [0.25, 0.3) is 0 Å². The first-order valence-corrected chi connectivity index (χ1v) is 5.64. The van der Waals surface area contributed by atoms with E-state index in [0.717, 1.165) is 10.5 Å². The Morgan fingerprint density at radius 2 is 2.06 bits per heavy atom. The maximum atomic E-state index is 11.6. The van der Waals surface area contributed by atoms with Gasteiger partial charge in [-0.3, -0.25) is 10.2 Å². The molecular formula is C10H11N3O2S. The molecule has 1 aliphatic rings. The molecule has 0 saturated carbocycles. The van der Waals surface area contributed by atoms with Crippen molar-refractivity contribution in [1.82, 2.24) is 10.9 Å². The lowest BCUT2D eigenvalue weighted by Crippen LogP contribution is -2.47. The SMILES string of the molecule is NC(=O)NNC(=O)C1Cc2ccccc2S1. The van der Waals surface area contributed by atoms with Crippen LogP contribution in [0.2, 0.25) is 0 Å². The Balaban J connectivity index is 1.96. The van der Waals surface area contributed by atoms with Crippen molar-refractivity contribution >= 4 is 23.7 Å². The molecule has 0 radical (unpaired) electrons. The average molecular weight is 237 g/mol. The highest BCUT2D eigenvalue weighted by Gasteiger charge is 2.27. The molecule has 3 amide bonds. The molecule has 0 aromatic heterocycles. The minimum Gasteiger partial charge on any atom is -0.350 e. The summed E-state index contributed by atoms with van der Waals surface area (Å²) in [4.78, 5) is 23.2. The molecule has 5 nitrogen and oxygen atoms in total. The van der Waals surface area contributed by atoms with E-state index in [1.54, 1.807) is 0 Å². The average Bonchev–Trinajstić information content (AvgIpc) is 2.69. The second kappa shape index (κ2) is 4.44. The molecule has 2 rings (SSSR count). The van der Waals surface area contributed by atoms with Gasteiger partial charge in [-0.15, -0.1) is 11.8 Å². The van der Waals surface area contributed by atoms with E-state index in [2.05, 4.69) is 10.9 Å². The van der Waals surface area contributed by atoms with E-state index in [1.807, 2.05) is 24.3 Å². The number of hydrogen-bond donors (Lipinski definition) is 3. The Kier molecular flexibility index (Phi) is 3.00. The predicted octanol–water partition coefficient (Wildman–Crippen LogP) is 0.403. The Labute approximate surface area is 96.7 Å². The Morgan fingerprint density at radius 1 is 1.31 bits per heavy atom. The van der Waals surface area contributed by atoms with Crippen molar-refractivity contribution in [2.24, 2.45) is 5.73 Å². The predicted molar refractivity (Wildman–Crippen MR) is 60.7 cm³/mol. The minimum atomic E-state index is -0.770. The molecule has 0 aliphatic carbocycles. The molecule has 1 atom stereocenters. The topological polar surface area (TPSA) is 84.2 Å². The zero-order valence-electron chi connectivity index (χ0n) is 8.40. The largest absolute Gasteiger partial charge is 0.350 e. The number of amides is 3. The van der Waals surface area contributed by atoms with Crippen LogP contribution in [0.15, 0.2) is 29.2 Å². The molecule has 84 valence electrons. The normalized spacial score (nSPS) is 17.6. The summed E-state index contributed by atoms with van der Waals surface area (Å²) in [5, 5.41) is -0.204. The molecule has 1 unspecified atom stereocenters. The highest BCUT2D eigenvalue weighted by Crippen LogP contribution is 2.36. The van der Waals surface area contributed by atoms with Gasteiger partial charge in [-0.1, -0.05) is 18.2 Å². The van der Waals surface area contributed by atoms with Crippen molar-refractivity contribution in [3.63, 3.8) is 0 Å². The second-order valence-corrected chi connectivity index (χ2v) is 4.64. The van der Waals surface area contributed by atoms with Crippen LogP contribution >= 0.6 is 11.8 Å². The van der Waals surface area contributed by atoms with Crippen LogP contribution in [-0.2, 0) is 11.2 Å². The van der Waals surface area contributed by atoms with E-state index >= 15 is 0 Å². The van der Waals surface area contributed by atoms with Crippen molar-refractivity contribution in [3.8, 4) is 0 Å². The maximum absolute atomic E-state index is 11.6. The molecule has 1 heterocycles. The Bertz CT molecular complexity index is 411. The van der Waals surface area contributed by atoms with Crippen molar-refractivity contribution in [2.75, 3.05) is 0 Å². The molecule has 0 spiro atoms. The third-order valence-electron chi connectivity index (χ3n) is 2.25. The van der Waals surface area contributed by atoms with Gasteiger partial charge in [0, 0.05) is 4.90 Å². The van der Waals surface area contributed by atoms with E-state index in [0.29, 0.717) is 6.42 Å². The second-order valence-electron chi connectivity index (χ2n) is 3.40. The number of rotatable bonds is 1. The highest BCUT2D eigenvalue weighted by atomic mass is 32.2. The minimum absolute atomic E-state index is 0.204. The van der Waals surface area contributed by atoms with Gasteiger partial charge in [0.2, 0.25) is 0 Å². The molecule has 4 N–H and O–H groups in total. The molecule has 0 fully saturated rings. The zero-order valence-corrected chi connectivity index (χ0v) is 9.21. The van der Waals surface area contributed by atoms with Gasteiger partial charge in [0.05, 0.1) is 5.25 Å². The van der Waals surface area contributed by atoms with Crippen molar-refractivity contribution in [1.29, 1.82) is 0 Å². The number of urea groups is 1. The standard InChI is InChI=1S/C10H11N3O2S/c11-10(15)13-12-9(14)8-5-6-3-1-2-4-7(6)16-8/h1-4,8H,5H2,(H,12,14)(H3,11,13,15). The monoisotopic (exact) mass is 237 g/mol. The number of carbonyl (C=O) groups is 2. The lowest BCUT2D eigenvalue weighted by Gasteiger charge is -2.09. The van der Waals surface area contributed by atoms with Crippen LogP contribution in [0.5, 0.6) is 0 Å². The number of hydrazine groups is 1. The van der Waals surface area contributed by atoms with E-state index < -0.39 is 6.03 Å². The van der Waals surface area contributed by atoms with Crippen molar-refractivity contribution < 1.29 is 9.59 Å². The van der Waals surface area contributed by atoms with Gasteiger partial charge in [0.15, 0.2) is 0 Å². The quantitative estimate of drug-likeness (QED) is 0.618. The first kappa shape index (κ1) is 10.8. The third-order valence-corrected chi connectivity index (χ3v) is 3.57. The summed E-state index contributed by atoms with van der Waals surface area (Å²) in [5.74, 6) is -0.236. The van der Waals surface area contributed by atoms with Crippen molar-refractivity contribution in [3.05, 3.63) is 29.8 Å². The fraction of sp³-hybridized carbons (Fsp3) is 0.200. The molecule has 16 heavy (non-hydrogen) atoms. The van der Waals surface area contributed by atoms with Gasteiger partial charge in [-0.2, -0.15) is 0 Å². The molecular weight excluding hydrogens is 226 g/mol. The van der Waals surface area contributed by atoms with Gasteiger partial charge in [0.1, 0.15) is 0 Å². The van der Waals surface area contributed by atoms with Gasteiger partial charge < -0.3 is 5.73 Å². The first-order valence-electron chi connectivity index (χ1n) is 4.76. The number of nitrogens with one attached hydrogen (secondary N) is 2. The number of hydrogen-bond acceptors (Lipinski definition) is 3. The third kappa shape index (κ3) is 2.27. The number of fused-ring (bicyclic) bond motifs is 1. The number of benzene rings is 1. The number of thioether (sulfide) groups is 1. The summed E-state index contributed by atoms with van der Waals surface area (Å²) in [6.45, 7) is 0. The van der Waals surface area contributed by atoms with E-state index in [9.17, 15) is 9.59 Å². The molecule has 0 saturated heterocycles. The maximum Gasteiger partial charge on any atom is 0.330 e. The molecule has 1 aliphatic heterocycles. The van der Waals surface area contributed by atoms with Crippen LogP contribution in [0.1, 0.15) is 5.56 Å². The molecule has 6 heteroatoms. The number of primary amides is 1. The summed E-state index contributed by atoms with van der Waals surface area (Å²) in [6, 6.07) is 7.09. The molecule has 1 aromatic carbocycles. The molecule has 0 bridgehead atoms. The summed E-state index contributed by atoms with van der Waals surface area (Å²) < 4.78 is 0. The lowest BCUT2D eigenvalue weighted by atomic mass is 10.1. The van der Waals surface area contributed by atoms with Crippen LogP contribution in [0.4, 0.5) is 4.79 Å². The number of nitrogens with two attached hydrogens (primary N) is 1. The van der Waals surface area contributed by atoms with Crippen LogP contribution in [-0.4, -0.2) is 17.2 Å². The van der Waals surface area contributed by atoms with E-state index in [-0.39, 0.29) is 11.2 Å². The molecule has 1 aromatic rings. The number of carbonyl (C=O) groups excluding carboxylic acids is 2. The Hall–Kier alpha value is -1.69. The Morgan fingerprint density at radius 3 is 2.75 bits per heavy atom. The van der Waals surface area contributed by atoms with Crippen molar-refractivity contribution in [2.45, 2.75) is 16.6 Å². The zero-order chi connectivity index (χ0) is 11.5. The van der Waals surface area contributed by atoms with Crippen LogP contribution < -0.4 is 16.6 Å². The summed E-state index contributed by atoms with van der Waals surface area (Å²) in [7, 11) is 0. The highest BCUT2D eigenvalue weighted by molar-refractivity contribution is 8.01. The van der Waals surface area contributed by atoms with Gasteiger partial charge >= 0.3 is 6.03 Å². The smallest absolute Gasteiger partial charge is 0.330 e. The summed E-state index contributed by atoms with van der Waals surface area (Å²) >= 11 is 1.49.